The highest BCUT2D eigenvalue weighted by atomic mass is 35.5. The summed E-state index contributed by atoms with van der Waals surface area (Å²) in [4.78, 5) is 28.6. The van der Waals surface area contributed by atoms with Crippen molar-refractivity contribution in [2.75, 3.05) is 19.6 Å². The number of ether oxygens (including phenoxy) is 1. The van der Waals surface area contributed by atoms with E-state index in [1.165, 1.54) is 17.0 Å². The molecule has 6 rings (SSSR count). The van der Waals surface area contributed by atoms with Crippen LogP contribution >= 0.6 is 11.6 Å². The number of sulfone groups is 1. The van der Waals surface area contributed by atoms with E-state index in [4.69, 9.17) is 22.1 Å². The van der Waals surface area contributed by atoms with Crippen LogP contribution in [0.4, 0.5) is 18.0 Å². The van der Waals surface area contributed by atoms with Crippen LogP contribution in [0.1, 0.15) is 42.4 Å². The maximum absolute atomic E-state index is 14.6. The van der Waals surface area contributed by atoms with Crippen LogP contribution < -0.4 is 10.5 Å². The third kappa shape index (κ3) is 5.41. The molecule has 8 nitrogen and oxygen atoms in total. The average molecular weight is 662 g/mol. The first kappa shape index (κ1) is 31.2. The van der Waals surface area contributed by atoms with Gasteiger partial charge in [0.15, 0.2) is 9.84 Å². The van der Waals surface area contributed by atoms with Crippen LogP contribution in [-0.2, 0) is 32.4 Å². The molecule has 238 valence electrons. The van der Waals surface area contributed by atoms with E-state index in [9.17, 15) is 31.2 Å². The number of urea groups is 1. The maximum atomic E-state index is 14.6. The molecule has 0 aromatic heterocycles. The molecule has 45 heavy (non-hydrogen) atoms. The Labute approximate surface area is 263 Å². The molecule has 2 heterocycles. The molecule has 2 saturated heterocycles. The van der Waals surface area contributed by atoms with Crippen molar-refractivity contribution in [1.82, 2.24) is 9.80 Å². The number of nitrogens with zero attached hydrogens (tertiary/aromatic N) is 2. The number of primary amides is 1. The molecule has 0 radical (unpaired) electrons. The second-order valence-electron chi connectivity index (χ2n) is 11.7. The lowest BCUT2D eigenvalue weighted by Crippen LogP contribution is -2.54. The fourth-order valence-electron chi connectivity index (χ4n) is 7.13. The van der Waals surface area contributed by atoms with Crippen LogP contribution in [0.5, 0.6) is 5.75 Å². The molecule has 0 saturated carbocycles. The highest BCUT2D eigenvalue weighted by molar-refractivity contribution is 7.92. The number of hydrogen-bond acceptors (Lipinski definition) is 5. The molecule has 2 aliphatic heterocycles. The zero-order valence-electron chi connectivity index (χ0n) is 24.1. The number of amides is 3. The predicted molar refractivity (Wildman–Crippen MR) is 160 cm³/mol. The fourth-order valence-corrected chi connectivity index (χ4v) is 9.74. The van der Waals surface area contributed by atoms with Gasteiger partial charge in [-0.25, -0.2) is 26.4 Å². The van der Waals surface area contributed by atoms with Crippen LogP contribution in [0.15, 0.2) is 59.5 Å². The van der Waals surface area contributed by atoms with Crippen molar-refractivity contribution in [1.29, 1.82) is 0 Å². The Bertz CT molecular complexity index is 1740. The van der Waals surface area contributed by atoms with Gasteiger partial charge in [0.2, 0.25) is 5.91 Å². The minimum Gasteiger partial charge on any atom is -0.489 e. The molecule has 0 bridgehead atoms. The first-order valence-corrected chi connectivity index (χ1v) is 16.5. The summed E-state index contributed by atoms with van der Waals surface area (Å²) in [5.41, 5.74) is 6.62. The highest BCUT2D eigenvalue weighted by Gasteiger charge is 2.61. The van der Waals surface area contributed by atoms with E-state index in [1.54, 1.807) is 23.1 Å². The number of fused-ring (bicyclic) bond motifs is 3. The van der Waals surface area contributed by atoms with Crippen LogP contribution in [0.2, 0.25) is 5.02 Å². The number of carbonyl (C=O) groups is 2. The third-order valence-corrected chi connectivity index (χ3v) is 12.3. The van der Waals surface area contributed by atoms with E-state index in [0.717, 1.165) is 24.3 Å². The molecular formula is C32H31ClF3N3O5S. The van der Waals surface area contributed by atoms with Gasteiger partial charge < -0.3 is 20.3 Å². The van der Waals surface area contributed by atoms with E-state index in [-0.39, 0.29) is 46.9 Å². The second kappa shape index (κ2) is 11.9. The van der Waals surface area contributed by atoms with Gasteiger partial charge in [0.1, 0.15) is 34.6 Å². The molecule has 2 fully saturated rings. The number of hydrogen-bond donors (Lipinski definition) is 1. The number of carbonyl (C=O) groups excluding carboxylic acids is 2. The van der Waals surface area contributed by atoms with Gasteiger partial charge >= 0.3 is 6.03 Å². The quantitative estimate of drug-likeness (QED) is 0.359. The van der Waals surface area contributed by atoms with Crippen LogP contribution in [0.3, 0.4) is 0 Å². The standard InChI is InChI=1S/C32H31ClF3N3O5S/c33-27-16-22(35)17-28(36)25(27)18-44-23-4-7-26-20(15-23)1-8-29-32(26,45(42,43)24-5-2-21(34)3-6-24)11-14-39(29)30(40)19-9-12-38(13-10-19)31(37)41/h2-7,15-17,19,29H,1,8-14,18H2,(H2,37,41)/t29-,32-/m1/s1. The average Bonchev–Trinajstić information content (AvgIpc) is 3.42. The molecule has 2 N–H and O–H groups in total. The summed E-state index contributed by atoms with van der Waals surface area (Å²) in [5.74, 6) is -2.41. The molecule has 13 heteroatoms. The second-order valence-corrected chi connectivity index (χ2v) is 14.4. The SMILES string of the molecule is NC(=O)N1CCC(C(=O)N2CC[C@@]3(S(=O)(=O)c4ccc(F)cc4)c4ccc(OCc5c(F)cc(F)cc5Cl)cc4CC[C@@H]23)CC1. The minimum absolute atomic E-state index is 0.0159. The lowest BCUT2D eigenvalue weighted by Gasteiger charge is -2.43. The van der Waals surface area contributed by atoms with Crippen molar-refractivity contribution in [3.63, 3.8) is 0 Å². The number of rotatable bonds is 6. The van der Waals surface area contributed by atoms with Gasteiger partial charge in [-0.3, -0.25) is 4.79 Å². The number of aryl methyl sites for hydroxylation is 1. The number of halogens is 4. The third-order valence-electron chi connectivity index (χ3n) is 9.39. The van der Waals surface area contributed by atoms with E-state index in [2.05, 4.69) is 0 Å². The smallest absolute Gasteiger partial charge is 0.314 e. The van der Waals surface area contributed by atoms with E-state index < -0.39 is 44.1 Å². The zero-order chi connectivity index (χ0) is 32.1. The first-order chi connectivity index (χ1) is 21.4. The van der Waals surface area contributed by atoms with E-state index in [1.807, 2.05) is 0 Å². The molecule has 3 amide bonds. The molecule has 3 aromatic rings. The van der Waals surface area contributed by atoms with Crippen molar-refractivity contribution < 1.29 is 35.9 Å². The van der Waals surface area contributed by atoms with Crippen LogP contribution in [0, 0.1) is 23.4 Å². The van der Waals surface area contributed by atoms with E-state index >= 15 is 0 Å². The Balaban J connectivity index is 1.34. The molecule has 0 spiro atoms. The van der Waals surface area contributed by atoms with Crippen molar-refractivity contribution in [2.45, 2.75) is 54.4 Å². The Morgan fingerprint density at radius 2 is 1.67 bits per heavy atom. The number of nitrogens with two attached hydrogens (primary N) is 1. The summed E-state index contributed by atoms with van der Waals surface area (Å²) in [6, 6.07) is 10.1. The molecule has 0 unspecified atom stereocenters. The molecule has 1 aliphatic carbocycles. The Morgan fingerprint density at radius 3 is 2.33 bits per heavy atom. The lowest BCUT2D eigenvalue weighted by molar-refractivity contribution is -0.138. The van der Waals surface area contributed by atoms with Gasteiger partial charge in [-0.2, -0.15) is 0 Å². The minimum atomic E-state index is -4.16. The predicted octanol–water partition coefficient (Wildman–Crippen LogP) is 5.34. The summed E-state index contributed by atoms with van der Waals surface area (Å²) in [6.07, 6.45) is 1.78. The normalized spacial score (nSPS) is 21.7. The fraction of sp³-hybridized carbons (Fsp3) is 0.375. The lowest BCUT2D eigenvalue weighted by atomic mass is 9.78. The molecular weight excluding hydrogens is 631 g/mol. The van der Waals surface area contributed by atoms with Gasteiger partial charge in [-0.05, 0) is 85.7 Å². The summed E-state index contributed by atoms with van der Waals surface area (Å²) < 4.78 is 75.2. The van der Waals surface area contributed by atoms with Crippen LogP contribution in [0.25, 0.3) is 0 Å². The zero-order valence-corrected chi connectivity index (χ0v) is 25.7. The Kier molecular flexibility index (Phi) is 8.23. The van der Waals surface area contributed by atoms with E-state index in [0.29, 0.717) is 55.6 Å². The van der Waals surface area contributed by atoms with Crippen molar-refractivity contribution in [3.05, 3.63) is 93.8 Å². The van der Waals surface area contributed by atoms with Gasteiger partial charge in [-0.15, -0.1) is 0 Å². The van der Waals surface area contributed by atoms with Gasteiger partial charge in [-0.1, -0.05) is 17.7 Å². The molecule has 2 atom stereocenters. The summed E-state index contributed by atoms with van der Waals surface area (Å²) in [6.45, 7) is 0.631. The molecule has 3 aromatic carbocycles. The molecule has 3 aliphatic rings. The van der Waals surface area contributed by atoms with Crippen molar-refractivity contribution in [3.8, 4) is 5.75 Å². The maximum Gasteiger partial charge on any atom is 0.314 e. The number of piperidine rings is 1. The topological polar surface area (TPSA) is 110 Å². The highest BCUT2D eigenvalue weighted by Crippen LogP contribution is 2.53. The monoisotopic (exact) mass is 661 g/mol. The summed E-state index contributed by atoms with van der Waals surface area (Å²) in [5, 5.41) is -0.117. The Morgan fingerprint density at radius 1 is 0.956 bits per heavy atom. The Hall–Kier alpha value is -3.77. The number of likely N-dealkylation sites (tertiary alicyclic amines) is 2. The van der Waals surface area contributed by atoms with Crippen molar-refractivity contribution >= 4 is 33.4 Å². The van der Waals surface area contributed by atoms with Gasteiger partial charge in [0.05, 0.1) is 16.0 Å². The van der Waals surface area contributed by atoms with Gasteiger partial charge in [0.25, 0.3) is 0 Å². The largest absolute Gasteiger partial charge is 0.489 e. The van der Waals surface area contributed by atoms with Gasteiger partial charge in [0, 0.05) is 37.2 Å². The summed E-state index contributed by atoms with van der Waals surface area (Å²) in [7, 11) is -4.16. The first-order valence-electron chi connectivity index (χ1n) is 14.7. The number of benzene rings is 3. The summed E-state index contributed by atoms with van der Waals surface area (Å²) >= 11 is 6.02. The van der Waals surface area contributed by atoms with Crippen molar-refractivity contribution in [2.24, 2.45) is 11.7 Å². The van der Waals surface area contributed by atoms with Crippen LogP contribution in [-0.4, -0.2) is 55.8 Å².